The standard InChI is InChI=1S/C8H17NO2/c1-11-5-4-9-6-8(7-10)2-3-8/h9-10H,2-7H2,1H3. The van der Waals surface area contributed by atoms with Crippen molar-refractivity contribution in [1.82, 2.24) is 5.32 Å². The van der Waals surface area contributed by atoms with Gasteiger partial charge in [-0.05, 0) is 12.8 Å². The van der Waals surface area contributed by atoms with Crippen LogP contribution in [0, 0.1) is 5.41 Å². The Bertz CT molecular complexity index is 113. The summed E-state index contributed by atoms with van der Waals surface area (Å²) in [4.78, 5) is 0. The topological polar surface area (TPSA) is 41.5 Å². The maximum Gasteiger partial charge on any atom is 0.0587 e. The monoisotopic (exact) mass is 159 g/mol. The summed E-state index contributed by atoms with van der Waals surface area (Å²) in [5, 5.41) is 12.2. The first kappa shape index (κ1) is 8.97. The van der Waals surface area contributed by atoms with E-state index in [1.807, 2.05) is 0 Å². The molecule has 3 heteroatoms. The van der Waals surface area contributed by atoms with Gasteiger partial charge < -0.3 is 15.2 Å². The fourth-order valence-electron chi connectivity index (χ4n) is 1.10. The Morgan fingerprint density at radius 1 is 1.55 bits per heavy atom. The van der Waals surface area contributed by atoms with Crippen LogP contribution in [0.1, 0.15) is 12.8 Å². The molecule has 0 aromatic carbocycles. The van der Waals surface area contributed by atoms with Crippen LogP contribution in [0.15, 0.2) is 0 Å². The number of hydrogen-bond acceptors (Lipinski definition) is 3. The summed E-state index contributed by atoms with van der Waals surface area (Å²) < 4.78 is 4.89. The smallest absolute Gasteiger partial charge is 0.0587 e. The van der Waals surface area contributed by atoms with E-state index in [-0.39, 0.29) is 5.41 Å². The Balaban J connectivity index is 1.94. The van der Waals surface area contributed by atoms with Gasteiger partial charge in [0, 0.05) is 32.2 Å². The van der Waals surface area contributed by atoms with Gasteiger partial charge in [0.25, 0.3) is 0 Å². The van der Waals surface area contributed by atoms with E-state index >= 15 is 0 Å². The minimum absolute atomic E-state index is 0.230. The molecule has 1 aliphatic carbocycles. The van der Waals surface area contributed by atoms with Gasteiger partial charge in [-0.25, -0.2) is 0 Å². The maximum absolute atomic E-state index is 8.94. The average molecular weight is 159 g/mol. The molecule has 0 amide bonds. The lowest BCUT2D eigenvalue weighted by Gasteiger charge is -2.11. The minimum atomic E-state index is 0.230. The number of ether oxygens (including phenoxy) is 1. The first-order valence-corrected chi connectivity index (χ1v) is 4.13. The third-order valence-electron chi connectivity index (χ3n) is 2.28. The van der Waals surface area contributed by atoms with Crippen molar-refractivity contribution in [3.63, 3.8) is 0 Å². The molecule has 1 saturated carbocycles. The normalized spacial score (nSPS) is 20.2. The highest BCUT2D eigenvalue weighted by Gasteiger charge is 2.41. The van der Waals surface area contributed by atoms with Gasteiger partial charge in [0.05, 0.1) is 6.61 Å². The molecule has 1 fully saturated rings. The Morgan fingerprint density at radius 3 is 2.73 bits per heavy atom. The molecule has 0 heterocycles. The van der Waals surface area contributed by atoms with Crippen LogP contribution in [0.2, 0.25) is 0 Å². The van der Waals surface area contributed by atoms with Crippen LogP contribution in [-0.2, 0) is 4.74 Å². The third kappa shape index (κ3) is 2.77. The maximum atomic E-state index is 8.94. The summed E-state index contributed by atoms with van der Waals surface area (Å²) in [6.07, 6.45) is 2.34. The van der Waals surface area contributed by atoms with Gasteiger partial charge in [0.1, 0.15) is 0 Å². The fourth-order valence-corrected chi connectivity index (χ4v) is 1.10. The molecule has 0 bridgehead atoms. The summed E-state index contributed by atoms with van der Waals surface area (Å²) in [6, 6.07) is 0. The molecule has 2 N–H and O–H groups in total. The Labute approximate surface area is 67.7 Å². The van der Waals surface area contributed by atoms with Crippen LogP contribution in [-0.4, -0.2) is 38.5 Å². The van der Waals surface area contributed by atoms with E-state index < -0.39 is 0 Å². The fraction of sp³-hybridized carbons (Fsp3) is 1.00. The molecule has 0 aromatic heterocycles. The van der Waals surface area contributed by atoms with Gasteiger partial charge in [-0.2, -0.15) is 0 Å². The van der Waals surface area contributed by atoms with Crippen LogP contribution in [0.5, 0.6) is 0 Å². The number of aliphatic hydroxyl groups excluding tert-OH is 1. The van der Waals surface area contributed by atoms with Gasteiger partial charge in [-0.1, -0.05) is 0 Å². The second-order valence-electron chi connectivity index (χ2n) is 3.33. The van der Waals surface area contributed by atoms with Crippen LogP contribution < -0.4 is 5.32 Å². The summed E-state index contributed by atoms with van der Waals surface area (Å²) in [5.74, 6) is 0. The van der Waals surface area contributed by atoms with Crippen LogP contribution >= 0.6 is 0 Å². The molecular weight excluding hydrogens is 142 g/mol. The van der Waals surface area contributed by atoms with Crippen molar-refractivity contribution < 1.29 is 9.84 Å². The number of aliphatic hydroxyl groups is 1. The lowest BCUT2D eigenvalue weighted by atomic mass is 10.1. The lowest BCUT2D eigenvalue weighted by Crippen LogP contribution is -2.28. The summed E-state index contributed by atoms with van der Waals surface area (Å²) in [5.41, 5.74) is 0.230. The molecule has 0 radical (unpaired) electrons. The summed E-state index contributed by atoms with van der Waals surface area (Å²) >= 11 is 0. The largest absolute Gasteiger partial charge is 0.396 e. The van der Waals surface area contributed by atoms with Crippen molar-refractivity contribution >= 4 is 0 Å². The Hall–Kier alpha value is -0.120. The van der Waals surface area contributed by atoms with Crippen LogP contribution in [0.25, 0.3) is 0 Å². The van der Waals surface area contributed by atoms with Crippen molar-refractivity contribution in [2.24, 2.45) is 5.41 Å². The quantitative estimate of drug-likeness (QED) is 0.536. The zero-order valence-electron chi connectivity index (χ0n) is 7.10. The highest BCUT2D eigenvalue weighted by atomic mass is 16.5. The molecule has 1 aliphatic rings. The van der Waals surface area contributed by atoms with Crippen LogP contribution in [0.3, 0.4) is 0 Å². The van der Waals surface area contributed by atoms with Gasteiger partial charge in [-0.3, -0.25) is 0 Å². The van der Waals surface area contributed by atoms with Crippen molar-refractivity contribution in [2.45, 2.75) is 12.8 Å². The molecule has 11 heavy (non-hydrogen) atoms. The van der Waals surface area contributed by atoms with Gasteiger partial charge >= 0.3 is 0 Å². The van der Waals surface area contributed by atoms with E-state index in [0.29, 0.717) is 6.61 Å². The highest BCUT2D eigenvalue weighted by molar-refractivity contribution is 4.94. The molecule has 0 aromatic rings. The number of rotatable bonds is 6. The minimum Gasteiger partial charge on any atom is -0.396 e. The zero-order chi connectivity index (χ0) is 8.16. The van der Waals surface area contributed by atoms with E-state index in [1.54, 1.807) is 7.11 Å². The van der Waals surface area contributed by atoms with E-state index in [0.717, 1.165) is 19.7 Å². The molecule has 1 rings (SSSR count). The predicted molar refractivity (Wildman–Crippen MR) is 43.5 cm³/mol. The molecule has 3 nitrogen and oxygen atoms in total. The third-order valence-corrected chi connectivity index (χ3v) is 2.28. The average Bonchev–Trinajstić information content (AvgIpc) is 2.80. The Kier molecular flexibility index (Phi) is 3.30. The van der Waals surface area contributed by atoms with Crippen LogP contribution in [0.4, 0.5) is 0 Å². The van der Waals surface area contributed by atoms with Gasteiger partial charge in [-0.15, -0.1) is 0 Å². The summed E-state index contributed by atoms with van der Waals surface area (Å²) in [6.45, 7) is 2.90. The van der Waals surface area contributed by atoms with Gasteiger partial charge in [0.15, 0.2) is 0 Å². The first-order valence-electron chi connectivity index (χ1n) is 4.13. The SMILES string of the molecule is COCCNCC1(CO)CC1. The van der Waals surface area contributed by atoms with E-state index in [9.17, 15) is 0 Å². The second-order valence-corrected chi connectivity index (χ2v) is 3.33. The summed E-state index contributed by atoms with van der Waals surface area (Å²) in [7, 11) is 1.70. The molecule has 0 saturated heterocycles. The molecule has 0 spiro atoms. The van der Waals surface area contributed by atoms with Crippen molar-refractivity contribution in [3.05, 3.63) is 0 Å². The molecule has 0 atom stereocenters. The number of methoxy groups -OCH3 is 1. The number of nitrogens with one attached hydrogen (secondary N) is 1. The van der Waals surface area contributed by atoms with E-state index in [2.05, 4.69) is 5.32 Å². The van der Waals surface area contributed by atoms with Gasteiger partial charge in [0.2, 0.25) is 0 Å². The second kappa shape index (κ2) is 4.04. The molecule has 66 valence electrons. The van der Waals surface area contributed by atoms with Crippen molar-refractivity contribution in [1.29, 1.82) is 0 Å². The van der Waals surface area contributed by atoms with Crippen molar-refractivity contribution in [2.75, 3.05) is 33.4 Å². The van der Waals surface area contributed by atoms with Crippen molar-refractivity contribution in [3.8, 4) is 0 Å². The van der Waals surface area contributed by atoms with E-state index in [1.165, 1.54) is 12.8 Å². The predicted octanol–water partition coefficient (Wildman–Crippen LogP) is -0.00510. The molecule has 0 unspecified atom stereocenters. The van der Waals surface area contributed by atoms with E-state index in [4.69, 9.17) is 9.84 Å². The highest BCUT2D eigenvalue weighted by Crippen LogP contribution is 2.44. The molecule has 0 aliphatic heterocycles. The Morgan fingerprint density at radius 2 is 2.27 bits per heavy atom. The first-order chi connectivity index (χ1) is 5.33. The number of hydrogen-bond donors (Lipinski definition) is 2. The molecular formula is C8H17NO2. The zero-order valence-corrected chi connectivity index (χ0v) is 7.10. The lowest BCUT2D eigenvalue weighted by molar-refractivity contribution is 0.183.